The van der Waals surface area contributed by atoms with E-state index in [9.17, 15) is 9.59 Å². The van der Waals surface area contributed by atoms with Crippen LogP contribution in [0.25, 0.3) is 11.4 Å². The average molecular weight is 439 g/mol. The Morgan fingerprint density at radius 3 is 2.58 bits per heavy atom. The molecular formula is C23H26N4O3S. The molecule has 0 fully saturated rings. The second-order valence-corrected chi connectivity index (χ2v) is 7.91. The fourth-order valence-corrected chi connectivity index (χ4v) is 3.73. The lowest BCUT2D eigenvalue weighted by atomic mass is 10.1. The highest BCUT2D eigenvalue weighted by Crippen LogP contribution is 2.24. The number of rotatable bonds is 9. The molecule has 1 aromatic heterocycles. The first kappa shape index (κ1) is 22.6. The molecule has 7 nitrogen and oxygen atoms in total. The predicted octanol–water partition coefficient (Wildman–Crippen LogP) is 4.57. The third-order valence-electron chi connectivity index (χ3n) is 4.49. The summed E-state index contributed by atoms with van der Waals surface area (Å²) in [7, 11) is 0. The standard InChI is InChI=1S/C23H26N4O3S/c1-4-13-30-22(29)18-7-6-8-19(14-18)24-20(28)15-31-23-26-25-21(27(23)5-2)17-11-9-16(3)10-12-17/h6-12,14H,4-5,13,15H2,1-3H3,(H,24,28). The van der Waals surface area contributed by atoms with Crippen LogP contribution in [0.4, 0.5) is 5.69 Å². The Bertz CT molecular complexity index is 1050. The van der Waals surface area contributed by atoms with Gasteiger partial charge in [0.2, 0.25) is 5.91 Å². The molecule has 162 valence electrons. The summed E-state index contributed by atoms with van der Waals surface area (Å²) in [5, 5.41) is 12.1. The zero-order valence-corrected chi connectivity index (χ0v) is 18.7. The summed E-state index contributed by atoms with van der Waals surface area (Å²) in [6.07, 6.45) is 0.757. The van der Waals surface area contributed by atoms with E-state index < -0.39 is 5.97 Å². The monoisotopic (exact) mass is 438 g/mol. The van der Waals surface area contributed by atoms with Crippen molar-refractivity contribution < 1.29 is 14.3 Å². The fraction of sp³-hybridized carbons (Fsp3) is 0.304. The molecule has 8 heteroatoms. The molecule has 0 aliphatic heterocycles. The molecule has 1 N–H and O–H groups in total. The molecule has 0 saturated heterocycles. The number of aryl methyl sites for hydroxylation is 1. The highest BCUT2D eigenvalue weighted by atomic mass is 32.2. The maximum atomic E-state index is 12.4. The molecule has 1 amide bonds. The number of carbonyl (C=O) groups excluding carboxylic acids is 2. The highest BCUT2D eigenvalue weighted by Gasteiger charge is 2.15. The Morgan fingerprint density at radius 1 is 1.10 bits per heavy atom. The van der Waals surface area contributed by atoms with E-state index in [1.165, 1.54) is 17.3 Å². The molecule has 0 spiro atoms. The smallest absolute Gasteiger partial charge is 0.338 e. The lowest BCUT2D eigenvalue weighted by Crippen LogP contribution is -2.15. The van der Waals surface area contributed by atoms with Crippen molar-refractivity contribution in [2.45, 2.75) is 38.9 Å². The number of amides is 1. The van der Waals surface area contributed by atoms with Gasteiger partial charge in [-0.3, -0.25) is 4.79 Å². The van der Waals surface area contributed by atoms with Crippen molar-refractivity contribution >= 4 is 29.3 Å². The first-order valence-corrected chi connectivity index (χ1v) is 11.2. The van der Waals surface area contributed by atoms with E-state index in [4.69, 9.17) is 4.74 Å². The van der Waals surface area contributed by atoms with Crippen molar-refractivity contribution in [1.82, 2.24) is 14.8 Å². The van der Waals surface area contributed by atoms with Gasteiger partial charge in [0, 0.05) is 17.8 Å². The zero-order valence-electron chi connectivity index (χ0n) is 17.9. The molecule has 0 aliphatic rings. The normalized spacial score (nSPS) is 10.7. The van der Waals surface area contributed by atoms with Crippen LogP contribution < -0.4 is 5.32 Å². The van der Waals surface area contributed by atoms with Crippen molar-refractivity contribution in [3.05, 3.63) is 59.7 Å². The van der Waals surface area contributed by atoms with Crippen LogP contribution in [0.2, 0.25) is 0 Å². The van der Waals surface area contributed by atoms with E-state index in [0.29, 0.717) is 29.6 Å². The van der Waals surface area contributed by atoms with E-state index in [0.717, 1.165) is 17.8 Å². The van der Waals surface area contributed by atoms with Crippen LogP contribution in [0.5, 0.6) is 0 Å². The number of hydrogen-bond acceptors (Lipinski definition) is 6. The molecule has 0 aliphatic carbocycles. The largest absolute Gasteiger partial charge is 0.462 e. The molecule has 0 unspecified atom stereocenters. The van der Waals surface area contributed by atoms with E-state index in [-0.39, 0.29) is 11.7 Å². The number of esters is 1. The van der Waals surface area contributed by atoms with Gasteiger partial charge in [-0.2, -0.15) is 0 Å². The third-order valence-corrected chi connectivity index (χ3v) is 5.46. The quantitative estimate of drug-likeness (QED) is 0.389. The summed E-state index contributed by atoms with van der Waals surface area (Å²) < 4.78 is 7.13. The third kappa shape index (κ3) is 5.95. The van der Waals surface area contributed by atoms with Crippen LogP contribution in [0.1, 0.15) is 36.2 Å². The predicted molar refractivity (Wildman–Crippen MR) is 122 cm³/mol. The van der Waals surface area contributed by atoms with Gasteiger partial charge in [0.15, 0.2) is 11.0 Å². The van der Waals surface area contributed by atoms with Crippen molar-refractivity contribution in [2.75, 3.05) is 17.7 Å². The Balaban J connectivity index is 1.62. The van der Waals surface area contributed by atoms with Gasteiger partial charge in [0.25, 0.3) is 0 Å². The minimum atomic E-state index is -0.396. The van der Waals surface area contributed by atoms with Crippen molar-refractivity contribution in [3.63, 3.8) is 0 Å². The number of nitrogens with zero attached hydrogens (tertiary/aromatic N) is 3. The number of hydrogen-bond donors (Lipinski definition) is 1. The summed E-state index contributed by atoms with van der Waals surface area (Å²) >= 11 is 1.32. The lowest BCUT2D eigenvalue weighted by molar-refractivity contribution is -0.113. The number of aromatic nitrogens is 3. The molecule has 3 rings (SSSR count). The summed E-state index contributed by atoms with van der Waals surface area (Å²) in [6.45, 7) is 7.06. The molecule has 0 saturated carbocycles. The number of ether oxygens (including phenoxy) is 1. The molecule has 31 heavy (non-hydrogen) atoms. The summed E-state index contributed by atoms with van der Waals surface area (Å²) in [5.41, 5.74) is 3.13. The Kier molecular flexibility index (Phi) is 7.83. The minimum Gasteiger partial charge on any atom is -0.462 e. The number of benzene rings is 2. The fourth-order valence-electron chi connectivity index (χ4n) is 2.93. The number of nitrogens with one attached hydrogen (secondary N) is 1. The van der Waals surface area contributed by atoms with Crippen LogP contribution in [0.3, 0.4) is 0 Å². The SMILES string of the molecule is CCCOC(=O)c1cccc(NC(=O)CSc2nnc(-c3ccc(C)cc3)n2CC)c1. The molecule has 1 heterocycles. The highest BCUT2D eigenvalue weighted by molar-refractivity contribution is 7.99. The summed E-state index contributed by atoms with van der Waals surface area (Å²) in [5.74, 6) is 0.374. The Labute approximate surface area is 186 Å². The van der Waals surface area contributed by atoms with Gasteiger partial charge in [-0.25, -0.2) is 4.79 Å². The molecule has 3 aromatic rings. The first-order chi connectivity index (χ1) is 15.0. The van der Waals surface area contributed by atoms with Crippen molar-refractivity contribution in [3.8, 4) is 11.4 Å². The summed E-state index contributed by atoms with van der Waals surface area (Å²) in [6, 6.07) is 14.8. The molecular weight excluding hydrogens is 412 g/mol. The second-order valence-electron chi connectivity index (χ2n) is 6.97. The van der Waals surface area contributed by atoms with Gasteiger partial charge in [-0.05, 0) is 38.5 Å². The Morgan fingerprint density at radius 2 is 1.87 bits per heavy atom. The van der Waals surface area contributed by atoms with Crippen LogP contribution >= 0.6 is 11.8 Å². The molecule has 0 atom stereocenters. The van der Waals surface area contributed by atoms with E-state index in [1.807, 2.05) is 49.6 Å². The number of carbonyl (C=O) groups is 2. The van der Waals surface area contributed by atoms with Gasteiger partial charge in [0.1, 0.15) is 0 Å². The summed E-state index contributed by atoms with van der Waals surface area (Å²) in [4.78, 5) is 24.5. The van der Waals surface area contributed by atoms with E-state index in [2.05, 4.69) is 15.5 Å². The minimum absolute atomic E-state index is 0.177. The maximum absolute atomic E-state index is 12.4. The lowest BCUT2D eigenvalue weighted by Gasteiger charge is -2.09. The number of anilines is 1. The van der Waals surface area contributed by atoms with Crippen LogP contribution in [-0.2, 0) is 16.1 Å². The van der Waals surface area contributed by atoms with Crippen molar-refractivity contribution in [2.24, 2.45) is 0 Å². The average Bonchev–Trinajstić information content (AvgIpc) is 3.19. The topological polar surface area (TPSA) is 86.1 Å². The molecule has 0 radical (unpaired) electrons. The van der Waals surface area contributed by atoms with Gasteiger partial charge in [0.05, 0.1) is 17.9 Å². The van der Waals surface area contributed by atoms with Gasteiger partial charge in [-0.1, -0.05) is 54.6 Å². The zero-order chi connectivity index (χ0) is 22.2. The van der Waals surface area contributed by atoms with Gasteiger partial charge in [-0.15, -0.1) is 10.2 Å². The van der Waals surface area contributed by atoms with Crippen molar-refractivity contribution in [1.29, 1.82) is 0 Å². The molecule has 0 bridgehead atoms. The number of thioether (sulfide) groups is 1. The van der Waals surface area contributed by atoms with Gasteiger partial charge < -0.3 is 14.6 Å². The van der Waals surface area contributed by atoms with E-state index >= 15 is 0 Å². The maximum Gasteiger partial charge on any atom is 0.338 e. The van der Waals surface area contributed by atoms with Crippen LogP contribution in [0, 0.1) is 6.92 Å². The van der Waals surface area contributed by atoms with Crippen LogP contribution in [0.15, 0.2) is 53.7 Å². The molecule has 2 aromatic carbocycles. The van der Waals surface area contributed by atoms with Crippen LogP contribution in [-0.4, -0.2) is 39.0 Å². The van der Waals surface area contributed by atoms with Gasteiger partial charge >= 0.3 is 5.97 Å². The second kappa shape index (κ2) is 10.8. The first-order valence-electron chi connectivity index (χ1n) is 10.2. The Hall–Kier alpha value is -3.13. The van der Waals surface area contributed by atoms with E-state index in [1.54, 1.807) is 24.3 Å².